The normalized spacial score (nSPS) is 11.0. The van der Waals surface area contributed by atoms with Crippen LogP contribution in [0.1, 0.15) is 15.9 Å². The number of benzene rings is 2. The van der Waals surface area contributed by atoms with Crippen LogP contribution >= 0.6 is 11.6 Å². The monoisotopic (exact) mass is 339 g/mol. The van der Waals surface area contributed by atoms with E-state index in [1.165, 1.54) is 25.3 Å². The van der Waals surface area contributed by atoms with Gasteiger partial charge in [-0.2, -0.15) is 0 Å². The molecule has 7 heteroatoms. The molecule has 22 heavy (non-hydrogen) atoms. The standard InChI is InChI=1S/C15H14ClNO4S/c1-10-4-3-5-13(14(10)15(16)18)17-22(19,20)12-8-6-11(21-2)7-9-12/h3-9,17H,1-2H3. The Kier molecular flexibility index (Phi) is 4.73. The van der Waals surface area contributed by atoms with Gasteiger partial charge in [-0.1, -0.05) is 12.1 Å². The lowest BCUT2D eigenvalue weighted by molar-refractivity contribution is 0.108. The number of aryl methyl sites for hydroxylation is 1. The van der Waals surface area contributed by atoms with Gasteiger partial charge in [0.05, 0.1) is 23.3 Å². The predicted octanol–water partition coefficient (Wildman–Crippen LogP) is 3.18. The van der Waals surface area contributed by atoms with Gasteiger partial charge in [0.2, 0.25) is 0 Å². The highest BCUT2D eigenvalue weighted by atomic mass is 35.5. The van der Waals surface area contributed by atoms with Gasteiger partial charge in [0.1, 0.15) is 5.75 Å². The van der Waals surface area contributed by atoms with E-state index in [-0.39, 0.29) is 16.1 Å². The fraction of sp³-hybridized carbons (Fsp3) is 0.133. The van der Waals surface area contributed by atoms with Crippen molar-refractivity contribution in [2.75, 3.05) is 11.8 Å². The number of anilines is 1. The van der Waals surface area contributed by atoms with Crippen molar-refractivity contribution in [3.63, 3.8) is 0 Å². The molecule has 0 bridgehead atoms. The summed E-state index contributed by atoms with van der Waals surface area (Å²) in [4.78, 5) is 11.6. The van der Waals surface area contributed by atoms with Gasteiger partial charge in [-0.25, -0.2) is 8.42 Å². The number of ether oxygens (including phenoxy) is 1. The summed E-state index contributed by atoms with van der Waals surface area (Å²) in [6.07, 6.45) is 0. The molecule has 0 saturated heterocycles. The van der Waals surface area contributed by atoms with Gasteiger partial charge in [-0.05, 0) is 54.4 Å². The van der Waals surface area contributed by atoms with Gasteiger partial charge < -0.3 is 4.74 Å². The van der Waals surface area contributed by atoms with Crippen LogP contribution in [-0.2, 0) is 10.0 Å². The minimum atomic E-state index is -3.83. The summed E-state index contributed by atoms with van der Waals surface area (Å²) in [6, 6.07) is 10.7. The van der Waals surface area contributed by atoms with E-state index in [1.807, 2.05) is 0 Å². The van der Waals surface area contributed by atoms with E-state index in [0.717, 1.165) is 0 Å². The van der Waals surface area contributed by atoms with Crippen LogP contribution in [0.5, 0.6) is 5.75 Å². The van der Waals surface area contributed by atoms with Crippen molar-refractivity contribution in [1.29, 1.82) is 0 Å². The third-order valence-corrected chi connectivity index (χ3v) is 4.65. The highest BCUT2D eigenvalue weighted by Crippen LogP contribution is 2.25. The van der Waals surface area contributed by atoms with Crippen molar-refractivity contribution in [2.24, 2.45) is 0 Å². The number of rotatable bonds is 5. The van der Waals surface area contributed by atoms with E-state index in [2.05, 4.69) is 4.72 Å². The molecule has 0 fully saturated rings. The molecule has 5 nitrogen and oxygen atoms in total. The molecule has 0 heterocycles. The van der Waals surface area contributed by atoms with Crippen molar-refractivity contribution >= 4 is 32.6 Å². The molecule has 0 saturated carbocycles. The number of halogens is 1. The highest BCUT2D eigenvalue weighted by Gasteiger charge is 2.19. The van der Waals surface area contributed by atoms with Crippen molar-refractivity contribution in [1.82, 2.24) is 0 Å². The van der Waals surface area contributed by atoms with Gasteiger partial charge in [0.25, 0.3) is 15.3 Å². The second kappa shape index (κ2) is 6.37. The number of methoxy groups -OCH3 is 1. The molecular formula is C15H14ClNO4S. The molecule has 0 aromatic heterocycles. The van der Waals surface area contributed by atoms with Gasteiger partial charge in [-0.3, -0.25) is 9.52 Å². The Morgan fingerprint density at radius 1 is 1.14 bits per heavy atom. The molecule has 0 amide bonds. The zero-order chi connectivity index (χ0) is 16.3. The lowest BCUT2D eigenvalue weighted by atomic mass is 10.1. The molecule has 0 unspecified atom stereocenters. The molecule has 0 aliphatic heterocycles. The fourth-order valence-electron chi connectivity index (χ4n) is 1.97. The lowest BCUT2D eigenvalue weighted by Crippen LogP contribution is -2.15. The zero-order valence-corrected chi connectivity index (χ0v) is 13.5. The van der Waals surface area contributed by atoms with Crippen molar-refractivity contribution in [3.05, 3.63) is 53.6 Å². The molecular weight excluding hydrogens is 326 g/mol. The maximum Gasteiger partial charge on any atom is 0.261 e. The first-order chi connectivity index (χ1) is 10.3. The first kappa shape index (κ1) is 16.3. The lowest BCUT2D eigenvalue weighted by Gasteiger charge is -2.12. The Morgan fingerprint density at radius 2 is 1.77 bits per heavy atom. The molecule has 1 N–H and O–H groups in total. The van der Waals surface area contributed by atoms with E-state index in [4.69, 9.17) is 16.3 Å². The van der Waals surface area contributed by atoms with Crippen LogP contribution in [0, 0.1) is 6.92 Å². The van der Waals surface area contributed by atoms with Gasteiger partial charge in [0.15, 0.2) is 0 Å². The summed E-state index contributed by atoms with van der Waals surface area (Å²) < 4.78 is 32.1. The van der Waals surface area contributed by atoms with Gasteiger partial charge >= 0.3 is 0 Å². The molecule has 2 rings (SSSR count). The topological polar surface area (TPSA) is 72.5 Å². The SMILES string of the molecule is COc1ccc(S(=O)(=O)Nc2cccc(C)c2C(=O)Cl)cc1. The highest BCUT2D eigenvalue weighted by molar-refractivity contribution is 7.92. The van der Waals surface area contributed by atoms with Crippen molar-refractivity contribution < 1.29 is 17.9 Å². The van der Waals surface area contributed by atoms with Crippen molar-refractivity contribution in [2.45, 2.75) is 11.8 Å². The van der Waals surface area contributed by atoms with E-state index in [0.29, 0.717) is 11.3 Å². The Morgan fingerprint density at radius 3 is 2.32 bits per heavy atom. The molecule has 2 aromatic rings. The second-order valence-electron chi connectivity index (χ2n) is 4.55. The first-order valence-corrected chi connectivity index (χ1v) is 8.17. The first-order valence-electron chi connectivity index (χ1n) is 6.31. The number of hydrogen-bond acceptors (Lipinski definition) is 4. The maximum absolute atomic E-state index is 12.4. The predicted molar refractivity (Wildman–Crippen MR) is 85.2 cm³/mol. The third-order valence-electron chi connectivity index (χ3n) is 3.08. The summed E-state index contributed by atoms with van der Waals surface area (Å²) >= 11 is 5.54. The largest absolute Gasteiger partial charge is 0.497 e. The van der Waals surface area contributed by atoms with Gasteiger partial charge in [-0.15, -0.1) is 0 Å². The molecule has 0 aliphatic carbocycles. The van der Waals surface area contributed by atoms with Crippen LogP contribution in [0.15, 0.2) is 47.4 Å². The van der Waals surface area contributed by atoms with Gasteiger partial charge in [0, 0.05) is 0 Å². The molecule has 2 aromatic carbocycles. The fourth-order valence-corrected chi connectivity index (χ4v) is 3.29. The van der Waals surface area contributed by atoms with E-state index in [1.54, 1.807) is 31.2 Å². The van der Waals surface area contributed by atoms with Crippen LogP contribution in [0.2, 0.25) is 0 Å². The smallest absolute Gasteiger partial charge is 0.261 e. The number of nitrogens with one attached hydrogen (secondary N) is 1. The summed E-state index contributed by atoms with van der Waals surface area (Å²) in [5.74, 6) is 0.547. The Bertz CT molecular complexity index is 801. The average Bonchev–Trinajstić information content (AvgIpc) is 2.46. The van der Waals surface area contributed by atoms with Crippen LogP contribution < -0.4 is 9.46 Å². The summed E-state index contributed by atoms with van der Waals surface area (Å²) in [5.41, 5.74) is 0.881. The average molecular weight is 340 g/mol. The van der Waals surface area contributed by atoms with E-state index in [9.17, 15) is 13.2 Å². The molecule has 0 spiro atoms. The minimum Gasteiger partial charge on any atom is -0.497 e. The summed E-state index contributed by atoms with van der Waals surface area (Å²) in [6.45, 7) is 1.68. The quantitative estimate of drug-likeness (QED) is 0.849. The summed E-state index contributed by atoms with van der Waals surface area (Å²) in [5, 5.41) is -0.717. The van der Waals surface area contributed by atoms with Crippen LogP contribution in [0.25, 0.3) is 0 Å². The molecule has 0 aliphatic rings. The maximum atomic E-state index is 12.4. The zero-order valence-electron chi connectivity index (χ0n) is 12.0. The number of sulfonamides is 1. The third kappa shape index (κ3) is 3.40. The number of hydrogen-bond donors (Lipinski definition) is 1. The summed E-state index contributed by atoms with van der Waals surface area (Å²) in [7, 11) is -2.33. The Balaban J connectivity index is 2.40. The second-order valence-corrected chi connectivity index (χ2v) is 6.58. The Labute approximate surface area is 133 Å². The van der Waals surface area contributed by atoms with Crippen LogP contribution in [0.4, 0.5) is 5.69 Å². The van der Waals surface area contributed by atoms with E-state index >= 15 is 0 Å². The van der Waals surface area contributed by atoms with Crippen LogP contribution in [-0.4, -0.2) is 20.8 Å². The van der Waals surface area contributed by atoms with E-state index < -0.39 is 15.3 Å². The molecule has 0 radical (unpaired) electrons. The number of carbonyl (C=O) groups excluding carboxylic acids is 1. The minimum absolute atomic E-state index is 0.0581. The number of carbonyl (C=O) groups is 1. The Hall–Kier alpha value is -2.05. The van der Waals surface area contributed by atoms with Crippen LogP contribution in [0.3, 0.4) is 0 Å². The molecule has 0 atom stereocenters. The molecule has 116 valence electrons. The van der Waals surface area contributed by atoms with Crippen molar-refractivity contribution in [3.8, 4) is 5.75 Å².